The molecule has 2 aromatic rings. The molecule has 8 heteroatoms. The number of benzene rings is 1. The zero-order chi connectivity index (χ0) is 21.4. The van der Waals surface area contributed by atoms with E-state index in [0.29, 0.717) is 11.5 Å². The average molecular weight is 448 g/mol. The SMILES string of the molecule is COc1cc(OC)c(/C(O)=C2/C(=O)C(=O)N(C3CCCC3)C2c2cccs2)cc1Cl. The number of methoxy groups -OCH3 is 2. The Morgan fingerprint density at radius 2 is 1.87 bits per heavy atom. The summed E-state index contributed by atoms with van der Waals surface area (Å²) in [4.78, 5) is 28.6. The van der Waals surface area contributed by atoms with Gasteiger partial charge in [-0.2, -0.15) is 0 Å². The second kappa shape index (κ2) is 8.32. The van der Waals surface area contributed by atoms with Gasteiger partial charge in [-0.05, 0) is 30.4 Å². The molecule has 1 aliphatic carbocycles. The number of ether oxygens (including phenoxy) is 2. The van der Waals surface area contributed by atoms with Gasteiger partial charge in [0, 0.05) is 17.0 Å². The van der Waals surface area contributed by atoms with Crippen LogP contribution in [-0.4, -0.2) is 42.0 Å². The van der Waals surface area contributed by atoms with Crippen molar-refractivity contribution >= 4 is 40.4 Å². The number of thiophene rings is 1. The number of likely N-dealkylation sites (tertiary alicyclic amines) is 1. The number of aliphatic hydroxyl groups excluding tert-OH is 1. The van der Waals surface area contributed by atoms with E-state index in [1.54, 1.807) is 11.0 Å². The van der Waals surface area contributed by atoms with Gasteiger partial charge in [-0.1, -0.05) is 30.5 Å². The quantitative estimate of drug-likeness (QED) is 0.405. The second-order valence-corrected chi connectivity index (χ2v) is 8.73. The molecule has 1 aromatic carbocycles. The molecule has 6 nitrogen and oxygen atoms in total. The lowest BCUT2D eigenvalue weighted by Gasteiger charge is -2.29. The molecule has 2 aliphatic rings. The van der Waals surface area contributed by atoms with Gasteiger partial charge >= 0.3 is 0 Å². The third-order valence-electron chi connectivity index (χ3n) is 5.74. The van der Waals surface area contributed by atoms with Crippen LogP contribution in [0.25, 0.3) is 5.76 Å². The fourth-order valence-electron chi connectivity index (χ4n) is 4.33. The van der Waals surface area contributed by atoms with E-state index in [-0.39, 0.29) is 28.0 Å². The number of hydrogen-bond donors (Lipinski definition) is 1. The normalized spacial score (nSPS) is 21.4. The first-order chi connectivity index (χ1) is 14.5. The number of halogens is 1. The molecule has 1 saturated heterocycles. The van der Waals surface area contributed by atoms with E-state index in [1.807, 2.05) is 17.5 Å². The lowest BCUT2D eigenvalue weighted by Crippen LogP contribution is -2.37. The lowest BCUT2D eigenvalue weighted by atomic mass is 9.98. The highest BCUT2D eigenvalue weighted by molar-refractivity contribution is 7.10. The summed E-state index contributed by atoms with van der Waals surface area (Å²) in [6.07, 6.45) is 3.75. The first kappa shape index (κ1) is 20.8. The minimum Gasteiger partial charge on any atom is -0.507 e. The van der Waals surface area contributed by atoms with E-state index in [1.165, 1.54) is 31.6 Å². The summed E-state index contributed by atoms with van der Waals surface area (Å²) in [6.45, 7) is 0. The van der Waals surface area contributed by atoms with Crippen LogP contribution in [0.3, 0.4) is 0 Å². The molecule has 1 N–H and O–H groups in total. The fraction of sp³-hybridized carbons (Fsp3) is 0.364. The lowest BCUT2D eigenvalue weighted by molar-refractivity contribution is -0.141. The molecule has 1 aliphatic heterocycles. The van der Waals surface area contributed by atoms with Gasteiger partial charge < -0.3 is 19.5 Å². The van der Waals surface area contributed by atoms with Crippen molar-refractivity contribution in [3.8, 4) is 11.5 Å². The fourth-order valence-corrected chi connectivity index (χ4v) is 5.40. The molecular weight excluding hydrogens is 426 g/mol. The van der Waals surface area contributed by atoms with Crippen LogP contribution in [0.5, 0.6) is 11.5 Å². The highest BCUT2D eigenvalue weighted by Crippen LogP contribution is 2.46. The highest BCUT2D eigenvalue weighted by Gasteiger charge is 2.49. The number of nitrogens with zero attached hydrogens (tertiary/aromatic N) is 1. The van der Waals surface area contributed by atoms with E-state index < -0.39 is 17.7 Å². The van der Waals surface area contributed by atoms with Crippen molar-refractivity contribution in [2.45, 2.75) is 37.8 Å². The largest absolute Gasteiger partial charge is 0.507 e. The Kier molecular flexibility index (Phi) is 5.75. The Labute approximate surface area is 183 Å². The molecule has 0 radical (unpaired) electrons. The number of carbonyl (C=O) groups is 2. The van der Waals surface area contributed by atoms with Crippen molar-refractivity contribution in [1.82, 2.24) is 4.90 Å². The summed E-state index contributed by atoms with van der Waals surface area (Å²) in [5.74, 6) is -0.877. The van der Waals surface area contributed by atoms with Crippen LogP contribution in [0.15, 0.2) is 35.2 Å². The third-order valence-corrected chi connectivity index (χ3v) is 6.96. The zero-order valence-electron chi connectivity index (χ0n) is 16.7. The Morgan fingerprint density at radius 1 is 1.17 bits per heavy atom. The van der Waals surface area contributed by atoms with Crippen molar-refractivity contribution in [3.63, 3.8) is 0 Å². The number of ketones is 1. The van der Waals surface area contributed by atoms with Gasteiger partial charge in [0.25, 0.3) is 11.7 Å². The van der Waals surface area contributed by atoms with Crippen molar-refractivity contribution < 1.29 is 24.2 Å². The van der Waals surface area contributed by atoms with E-state index in [2.05, 4.69) is 0 Å². The number of Topliss-reactive ketones (excluding diaryl/α,β-unsaturated/α-hetero) is 1. The summed E-state index contributed by atoms with van der Waals surface area (Å²) in [5.41, 5.74) is 0.308. The molecule has 1 amide bonds. The Morgan fingerprint density at radius 3 is 2.47 bits per heavy atom. The molecule has 0 spiro atoms. The smallest absolute Gasteiger partial charge is 0.295 e. The molecule has 30 heavy (non-hydrogen) atoms. The maximum Gasteiger partial charge on any atom is 0.295 e. The average Bonchev–Trinajstić information content (AvgIpc) is 3.49. The summed E-state index contributed by atoms with van der Waals surface area (Å²) in [6, 6.07) is 6.15. The second-order valence-electron chi connectivity index (χ2n) is 7.35. The predicted molar refractivity (Wildman–Crippen MR) is 115 cm³/mol. The monoisotopic (exact) mass is 447 g/mol. The van der Waals surface area contributed by atoms with Crippen molar-refractivity contribution in [2.24, 2.45) is 0 Å². The van der Waals surface area contributed by atoms with Gasteiger partial charge in [0.05, 0.1) is 36.4 Å². The molecular formula is C22H22ClNO5S. The standard InChI is InChI=1S/C22H22ClNO5S/c1-28-15-11-16(29-2)14(23)10-13(15)20(25)18-19(17-8-5-9-30-17)24(22(27)21(18)26)12-6-3-4-7-12/h5,8-12,19,25H,3-4,6-7H2,1-2H3/b20-18-. The van der Waals surface area contributed by atoms with Crippen LogP contribution < -0.4 is 9.47 Å². The minimum absolute atomic E-state index is 0.0137. The van der Waals surface area contributed by atoms with Crippen LogP contribution in [0, 0.1) is 0 Å². The van der Waals surface area contributed by atoms with Crippen LogP contribution >= 0.6 is 22.9 Å². The van der Waals surface area contributed by atoms with Crippen molar-refractivity contribution in [1.29, 1.82) is 0 Å². The highest BCUT2D eigenvalue weighted by atomic mass is 35.5. The number of amides is 1. The summed E-state index contributed by atoms with van der Waals surface area (Å²) < 4.78 is 10.6. The van der Waals surface area contributed by atoms with Crippen LogP contribution in [0.2, 0.25) is 5.02 Å². The number of rotatable bonds is 5. The van der Waals surface area contributed by atoms with Gasteiger partial charge in [0.15, 0.2) is 0 Å². The molecule has 2 heterocycles. The molecule has 4 rings (SSSR count). The Bertz CT molecular complexity index is 1010. The molecule has 1 unspecified atom stereocenters. The van der Waals surface area contributed by atoms with Gasteiger partial charge in [-0.25, -0.2) is 0 Å². The third kappa shape index (κ3) is 3.36. The number of hydrogen-bond acceptors (Lipinski definition) is 6. The first-order valence-electron chi connectivity index (χ1n) is 9.73. The van der Waals surface area contributed by atoms with E-state index >= 15 is 0 Å². The van der Waals surface area contributed by atoms with E-state index in [4.69, 9.17) is 21.1 Å². The van der Waals surface area contributed by atoms with Crippen molar-refractivity contribution in [3.05, 3.63) is 50.7 Å². The van der Waals surface area contributed by atoms with Gasteiger partial charge in [-0.15, -0.1) is 11.3 Å². The van der Waals surface area contributed by atoms with Crippen LogP contribution in [-0.2, 0) is 9.59 Å². The molecule has 0 bridgehead atoms. The number of carbonyl (C=O) groups excluding carboxylic acids is 2. The Hall–Kier alpha value is -2.51. The van der Waals surface area contributed by atoms with Crippen LogP contribution in [0.1, 0.15) is 42.2 Å². The number of aliphatic hydroxyl groups is 1. The molecule has 1 aromatic heterocycles. The van der Waals surface area contributed by atoms with Crippen molar-refractivity contribution in [2.75, 3.05) is 14.2 Å². The van der Waals surface area contributed by atoms with Crippen LogP contribution in [0.4, 0.5) is 0 Å². The topological polar surface area (TPSA) is 76.1 Å². The molecule has 1 saturated carbocycles. The van der Waals surface area contributed by atoms with Gasteiger partial charge in [0.1, 0.15) is 17.3 Å². The van der Waals surface area contributed by atoms with E-state index in [0.717, 1.165) is 30.6 Å². The molecule has 2 fully saturated rings. The zero-order valence-corrected chi connectivity index (χ0v) is 18.3. The predicted octanol–water partition coefficient (Wildman–Crippen LogP) is 4.78. The van der Waals surface area contributed by atoms with E-state index in [9.17, 15) is 14.7 Å². The maximum absolute atomic E-state index is 13.1. The first-order valence-corrected chi connectivity index (χ1v) is 11.0. The molecule has 158 valence electrons. The minimum atomic E-state index is -0.688. The molecule has 1 atom stereocenters. The summed E-state index contributed by atoms with van der Waals surface area (Å²) in [7, 11) is 2.93. The Balaban J connectivity index is 1.91. The maximum atomic E-state index is 13.1. The van der Waals surface area contributed by atoms with Gasteiger partial charge in [0.2, 0.25) is 0 Å². The summed E-state index contributed by atoms with van der Waals surface area (Å²) in [5, 5.41) is 13.4. The summed E-state index contributed by atoms with van der Waals surface area (Å²) >= 11 is 7.72. The van der Waals surface area contributed by atoms with Gasteiger partial charge in [-0.3, -0.25) is 9.59 Å².